The molecule has 5 aromatic rings. The third-order valence-corrected chi connectivity index (χ3v) is 11.8. The maximum Gasteiger partial charge on any atom is 0.307 e. The van der Waals surface area contributed by atoms with Crippen LogP contribution in [0, 0.1) is 12.8 Å². The highest BCUT2D eigenvalue weighted by molar-refractivity contribution is 7.18. The zero-order valence-electron chi connectivity index (χ0n) is 28.5. The van der Waals surface area contributed by atoms with Gasteiger partial charge < -0.3 is 15.2 Å². The number of nitrogens with one attached hydrogen (secondary N) is 1. The monoisotopic (exact) mass is 743 g/mol. The van der Waals surface area contributed by atoms with E-state index in [0.29, 0.717) is 48.3 Å². The van der Waals surface area contributed by atoms with Crippen molar-refractivity contribution in [3.05, 3.63) is 92.2 Å². The number of nitrogens with zero attached hydrogens (tertiary/aromatic N) is 4. The van der Waals surface area contributed by atoms with Gasteiger partial charge in [0.15, 0.2) is 0 Å². The fourth-order valence-corrected chi connectivity index (χ4v) is 8.91. The van der Waals surface area contributed by atoms with Gasteiger partial charge in [0.1, 0.15) is 10.5 Å². The molecule has 9 nitrogen and oxygen atoms in total. The number of hydrogen-bond donors (Lipinski definition) is 2. The number of benzene rings is 2. The van der Waals surface area contributed by atoms with Crippen LogP contribution in [0.4, 0.5) is 0 Å². The number of carbonyl (C=O) groups excluding carboxylic acids is 1. The van der Waals surface area contributed by atoms with Crippen LogP contribution in [-0.2, 0) is 29.0 Å². The standard InChI is InChI=1S/C39H39Cl2N5O4S/c1-22-18-30(44-38(50-2)26(22)8-4-7-25-12-13-33(47)43-25)29-11-5-10-28(36(29)41)27-9-3-6-23(35(27)40)19-31-37-32(14-16-42-31)51-34(45-37)21-46-17-15-24(20-46)39(48)49/h3,5-6,9-11,14,16,18,24-25H,4,7-8,12-13,15,17,19-21H2,1-2H3,(H,43,47)(H,48,49)/t24-,25-/m1/s1. The van der Waals surface area contributed by atoms with E-state index in [9.17, 15) is 14.7 Å². The number of ether oxygens (including phenoxy) is 1. The van der Waals surface area contributed by atoms with E-state index in [1.54, 1.807) is 24.6 Å². The fraction of sp³-hybridized carbons (Fsp3) is 0.359. The van der Waals surface area contributed by atoms with Crippen molar-refractivity contribution < 1.29 is 19.4 Å². The molecular weight excluding hydrogens is 705 g/mol. The van der Waals surface area contributed by atoms with E-state index in [0.717, 1.165) is 92.2 Å². The van der Waals surface area contributed by atoms with Crippen LogP contribution < -0.4 is 10.1 Å². The molecule has 1 amide bonds. The largest absolute Gasteiger partial charge is 0.481 e. The highest BCUT2D eigenvalue weighted by atomic mass is 35.5. The highest BCUT2D eigenvalue weighted by Crippen LogP contribution is 2.41. The second kappa shape index (κ2) is 15.3. The highest BCUT2D eigenvalue weighted by Gasteiger charge is 2.29. The van der Waals surface area contributed by atoms with Crippen LogP contribution in [0.5, 0.6) is 5.88 Å². The summed E-state index contributed by atoms with van der Waals surface area (Å²) in [6.45, 7) is 3.99. The Morgan fingerprint density at radius 3 is 2.61 bits per heavy atom. The molecule has 2 aliphatic heterocycles. The first-order valence-corrected chi connectivity index (χ1v) is 18.8. The smallest absolute Gasteiger partial charge is 0.307 e. The maximum atomic E-state index is 11.6. The van der Waals surface area contributed by atoms with Crippen molar-refractivity contribution in [1.29, 1.82) is 0 Å². The number of aryl methyl sites for hydroxylation is 1. The van der Waals surface area contributed by atoms with Crippen molar-refractivity contribution >= 4 is 56.6 Å². The van der Waals surface area contributed by atoms with Gasteiger partial charge in [-0.3, -0.25) is 19.5 Å². The molecule has 2 fully saturated rings. The van der Waals surface area contributed by atoms with E-state index < -0.39 is 5.97 Å². The van der Waals surface area contributed by atoms with E-state index in [1.165, 1.54) is 0 Å². The number of carbonyl (C=O) groups is 2. The molecule has 2 N–H and O–H groups in total. The summed E-state index contributed by atoms with van der Waals surface area (Å²) in [7, 11) is 1.64. The lowest BCUT2D eigenvalue weighted by Crippen LogP contribution is -2.25. The number of rotatable bonds is 12. The Morgan fingerprint density at radius 2 is 1.86 bits per heavy atom. The Morgan fingerprint density at radius 1 is 1.08 bits per heavy atom. The average molecular weight is 745 g/mol. The Labute approximate surface area is 311 Å². The van der Waals surface area contributed by atoms with Crippen LogP contribution >= 0.6 is 34.5 Å². The quantitative estimate of drug-likeness (QED) is 0.132. The Hall–Kier alpha value is -4.09. The van der Waals surface area contributed by atoms with E-state index in [1.807, 2.05) is 42.5 Å². The molecule has 264 valence electrons. The van der Waals surface area contributed by atoms with Gasteiger partial charge in [-0.1, -0.05) is 59.6 Å². The molecule has 0 radical (unpaired) electrons. The van der Waals surface area contributed by atoms with Crippen molar-refractivity contribution in [2.75, 3.05) is 20.2 Å². The number of carboxylic acids is 1. The van der Waals surface area contributed by atoms with Gasteiger partial charge in [-0.05, 0) is 68.8 Å². The third-order valence-electron chi connectivity index (χ3n) is 9.98. The number of thiazole rings is 1. The molecule has 0 spiro atoms. The summed E-state index contributed by atoms with van der Waals surface area (Å²) in [5.74, 6) is -0.335. The van der Waals surface area contributed by atoms with Crippen LogP contribution in [0.25, 0.3) is 32.6 Å². The second-order valence-electron chi connectivity index (χ2n) is 13.4. The van der Waals surface area contributed by atoms with Gasteiger partial charge in [0, 0.05) is 53.9 Å². The summed E-state index contributed by atoms with van der Waals surface area (Å²) < 4.78 is 6.81. The summed E-state index contributed by atoms with van der Waals surface area (Å²) >= 11 is 15.9. The molecule has 12 heteroatoms. The molecule has 5 heterocycles. The van der Waals surface area contributed by atoms with Gasteiger partial charge in [-0.25, -0.2) is 9.97 Å². The minimum atomic E-state index is -0.735. The number of pyridine rings is 2. The van der Waals surface area contributed by atoms with Crippen molar-refractivity contribution in [2.24, 2.45) is 5.92 Å². The lowest BCUT2D eigenvalue weighted by atomic mass is 9.96. The number of carboxylic acid groups (broad SMARTS) is 1. The summed E-state index contributed by atoms with van der Waals surface area (Å²) in [5, 5.41) is 14.5. The number of aromatic nitrogens is 3. The molecule has 2 aromatic carbocycles. The summed E-state index contributed by atoms with van der Waals surface area (Å²) in [5.41, 5.74) is 7.84. The molecule has 2 aliphatic rings. The Bertz CT molecular complexity index is 2120. The molecule has 7 rings (SSSR count). The van der Waals surface area contributed by atoms with Crippen molar-refractivity contribution in [1.82, 2.24) is 25.2 Å². The average Bonchev–Trinajstić information content (AvgIpc) is 3.87. The van der Waals surface area contributed by atoms with Crippen LogP contribution in [-0.4, -0.2) is 63.1 Å². The Balaban J connectivity index is 1.12. The van der Waals surface area contributed by atoms with Crippen molar-refractivity contribution in [2.45, 2.75) is 64.5 Å². The first-order valence-electron chi connectivity index (χ1n) is 17.3. The van der Waals surface area contributed by atoms with Gasteiger partial charge in [0.2, 0.25) is 11.8 Å². The topological polar surface area (TPSA) is 118 Å². The van der Waals surface area contributed by atoms with Gasteiger partial charge in [-0.2, -0.15) is 0 Å². The van der Waals surface area contributed by atoms with E-state index >= 15 is 0 Å². The first kappa shape index (κ1) is 35.3. The van der Waals surface area contributed by atoms with Crippen LogP contribution in [0.1, 0.15) is 59.5 Å². The van der Waals surface area contributed by atoms with E-state index in [4.69, 9.17) is 42.9 Å². The fourth-order valence-electron chi connectivity index (χ4n) is 7.26. The molecular formula is C39H39Cl2N5O4S. The number of hydrogen-bond acceptors (Lipinski definition) is 8. The van der Waals surface area contributed by atoms with Crippen molar-refractivity contribution in [3.8, 4) is 28.3 Å². The first-order chi connectivity index (χ1) is 24.7. The zero-order chi connectivity index (χ0) is 35.6. The van der Waals surface area contributed by atoms with E-state index in [-0.39, 0.29) is 17.9 Å². The number of aliphatic carboxylic acids is 1. The SMILES string of the molecule is COc1nc(-c2cccc(-c3cccc(Cc4nccc5sc(CN6CC[C@@H](C(=O)O)C6)nc45)c3Cl)c2Cl)cc(C)c1CCC[C@@H]1CCC(=O)N1. The summed E-state index contributed by atoms with van der Waals surface area (Å²) in [6, 6.07) is 16.1. The maximum absolute atomic E-state index is 11.6. The van der Waals surface area contributed by atoms with Gasteiger partial charge in [0.25, 0.3) is 0 Å². The van der Waals surface area contributed by atoms with E-state index in [2.05, 4.69) is 23.2 Å². The van der Waals surface area contributed by atoms with Crippen LogP contribution in [0.15, 0.2) is 54.7 Å². The predicted octanol–water partition coefficient (Wildman–Crippen LogP) is 8.14. The zero-order valence-corrected chi connectivity index (χ0v) is 30.9. The van der Waals surface area contributed by atoms with Crippen LogP contribution in [0.3, 0.4) is 0 Å². The molecule has 0 bridgehead atoms. The molecule has 2 atom stereocenters. The molecule has 0 aliphatic carbocycles. The Kier molecular flexibility index (Phi) is 10.6. The number of amides is 1. The van der Waals surface area contributed by atoms with Crippen LogP contribution in [0.2, 0.25) is 10.0 Å². The predicted molar refractivity (Wildman–Crippen MR) is 202 cm³/mol. The van der Waals surface area contributed by atoms with Gasteiger partial charge in [0.05, 0.1) is 45.7 Å². The molecule has 3 aromatic heterocycles. The van der Waals surface area contributed by atoms with Crippen molar-refractivity contribution in [3.63, 3.8) is 0 Å². The number of halogens is 2. The van der Waals surface area contributed by atoms with Gasteiger partial charge in [-0.15, -0.1) is 11.3 Å². The molecule has 0 unspecified atom stereocenters. The van der Waals surface area contributed by atoms with Gasteiger partial charge >= 0.3 is 5.97 Å². The second-order valence-corrected chi connectivity index (χ2v) is 15.3. The number of fused-ring (bicyclic) bond motifs is 1. The summed E-state index contributed by atoms with van der Waals surface area (Å²) in [4.78, 5) is 39.7. The lowest BCUT2D eigenvalue weighted by molar-refractivity contribution is -0.141. The molecule has 0 saturated carbocycles. The number of likely N-dealkylation sites (tertiary alicyclic amines) is 1. The minimum Gasteiger partial charge on any atom is -0.481 e. The lowest BCUT2D eigenvalue weighted by Gasteiger charge is -2.17. The summed E-state index contributed by atoms with van der Waals surface area (Å²) in [6.07, 6.45) is 7.12. The minimum absolute atomic E-state index is 0.139. The number of methoxy groups -OCH3 is 1. The normalized spacial score (nSPS) is 17.7. The molecule has 51 heavy (non-hydrogen) atoms. The molecule has 2 saturated heterocycles. The third kappa shape index (κ3) is 7.60.